The maximum atomic E-state index is 13.6. The summed E-state index contributed by atoms with van der Waals surface area (Å²) in [5.41, 5.74) is 2.24. The zero-order valence-corrected chi connectivity index (χ0v) is 23.2. The van der Waals surface area contributed by atoms with Gasteiger partial charge in [-0.15, -0.1) is 0 Å². The largest absolute Gasteiger partial charge is 0.444 e. The van der Waals surface area contributed by atoms with Gasteiger partial charge in [0.2, 0.25) is 5.91 Å². The van der Waals surface area contributed by atoms with Crippen molar-refractivity contribution < 1.29 is 19.1 Å². The van der Waals surface area contributed by atoms with E-state index in [-0.39, 0.29) is 18.6 Å². The number of hydrogen-bond acceptors (Lipinski definition) is 6. The highest BCUT2D eigenvalue weighted by Gasteiger charge is 2.38. The summed E-state index contributed by atoms with van der Waals surface area (Å²) in [5, 5.41) is 8.40. The predicted octanol–water partition coefficient (Wildman–Crippen LogP) is 5.01. The maximum Gasteiger partial charge on any atom is 0.407 e. The molecule has 1 saturated heterocycles. The number of anilines is 1. The van der Waals surface area contributed by atoms with Crippen LogP contribution in [0.25, 0.3) is 21.8 Å². The fourth-order valence-electron chi connectivity index (χ4n) is 4.80. The summed E-state index contributed by atoms with van der Waals surface area (Å²) in [5.74, 6) is -0.211. The second-order valence-electron chi connectivity index (χ2n) is 11.4. The van der Waals surface area contributed by atoms with Crippen molar-refractivity contribution in [2.75, 3.05) is 25.0 Å². The summed E-state index contributed by atoms with van der Waals surface area (Å²) in [6.07, 6.45) is 3.08. The molecule has 1 aliphatic rings. The number of hydrogen-bond donors (Lipinski definition) is 3. The SMILES string of the molecule is Cc1cncc2[nH]c3c(NC(=O)[C@@H]4COC(C)(C)CN4C[C@H](C)NC(=O)OC(C)(C)C)cc(Cl)cc3c12. The number of benzene rings is 1. The first-order valence-corrected chi connectivity index (χ1v) is 12.8. The quantitative estimate of drug-likeness (QED) is 0.429. The van der Waals surface area contributed by atoms with Crippen LogP contribution in [0, 0.1) is 6.92 Å². The van der Waals surface area contributed by atoms with Crippen LogP contribution in [-0.2, 0) is 14.3 Å². The molecule has 1 aliphatic heterocycles. The summed E-state index contributed by atoms with van der Waals surface area (Å²) in [6.45, 7) is 14.5. The van der Waals surface area contributed by atoms with Gasteiger partial charge in [-0.1, -0.05) is 11.6 Å². The molecule has 2 aromatic heterocycles. The lowest BCUT2D eigenvalue weighted by Crippen LogP contribution is -2.60. The van der Waals surface area contributed by atoms with Gasteiger partial charge in [0.15, 0.2) is 0 Å². The number of H-pyrrole nitrogens is 1. The first kappa shape index (κ1) is 27.2. The Morgan fingerprint density at radius 2 is 2.05 bits per heavy atom. The number of rotatable bonds is 5. The number of morpholine rings is 1. The Kier molecular flexibility index (Phi) is 7.43. The third kappa shape index (κ3) is 6.34. The molecule has 37 heavy (non-hydrogen) atoms. The number of carbonyl (C=O) groups is 2. The lowest BCUT2D eigenvalue weighted by atomic mass is 10.0. The van der Waals surface area contributed by atoms with Crippen molar-refractivity contribution in [2.24, 2.45) is 0 Å². The van der Waals surface area contributed by atoms with E-state index in [2.05, 4.69) is 20.6 Å². The van der Waals surface area contributed by atoms with E-state index in [1.807, 2.05) is 59.4 Å². The number of nitrogens with one attached hydrogen (secondary N) is 3. The highest BCUT2D eigenvalue weighted by molar-refractivity contribution is 6.33. The number of carbonyl (C=O) groups excluding carboxylic acids is 2. The number of aryl methyl sites for hydroxylation is 1. The van der Waals surface area contributed by atoms with E-state index in [0.717, 1.165) is 27.4 Å². The number of aromatic nitrogens is 2. The molecule has 0 bridgehead atoms. The lowest BCUT2D eigenvalue weighted by Gasteiger charge is -2.43. The fourth-order valence-corrected chi connectivity index (χ4v) is 5.02. The molecule has 2 amide bonds. The molecule has 3 heterocycles. The standard InChI is InChI=1S/C27H36ClN5O4/c1-15-10-29-11-20-22(15)18-8-17(28)9-19(23(18)31-20)32-24(34)21-13-36-27(6,7)14-33(21)12-16(2)30-25(35)37-26(3,4)5/h8-11,16,21,31H,12-14H2,1-7H3,(H,30,35)(H,32,34)/t16-,21-/m0/s1. The topological polar surface area (TPSA) is 109 Å². The first-order valence-electron chi connectivity index (χ1n) is 12.5. The van der Waals surface area contributed by atoms with Crippen LogP contribution in [0.4, 0.5) is 10.5 Å². The van der Waals surface area contributed by atoms with Crippen LogP contribution in [0.3, 0.4) is 0 Å². The van der Waals surface area contributed by atoms with Crippen LogP contribution in [0.2, 0.25) is 5.02 Å². The lowest BCUT2D eigenvalue weighted by molar-refractivity contribution is -0.143. The zero-order chi connectivity index (χ0) is 27.1. The highest BCUT2D eigenvalue weighted by Crippen LogP contribution is 2.35. The van der Waals surface area contributed by atoms with Gasteiger partial charge in [-0.3, -0.25) is 14.7 Å². The molecule has 0 radical (unpaired) electrons. The average Bonchev–Trinajstić information content (AvgIpc) is 3.11. The molecule has 200 valence electrons. The third-order valence-corrected chi connectivity index (χ3v) is 6.47. The predicted molar refractivity (Wildman–Crippen MR) is 146 cm³/mol. The Morgan fingerprint density at radius 1 is 1.32 bits per heavy atom. The molecule has 4 rings (SSSR count). The summed E-state index contributed by atoms with van der Waals surface area (Å²) in [6, 6.07) is 2.82. The van der Waals surface area contributed by atoms with Crippen molar-refractivity contribution in [1.82, 2.24) is 20.2 Å². The molecule has 0 unspecified atom stereocenters. The second-order valence-corrected chi connectivity index (χ2v) is 11.9. The van der Waals surface area contributed by atoms with E-state index >= 15 is 0 Å². The van der Waals surface area contributed by atoms with E-state index in [1.54, 1.807) is 18.5 Å². The van der Waals surface area contributed by atoms with Gasteiger partial charge in [0.05, 0.1) is 35.1 Å². The van der Waals surface area contributed by atoms with Crippen molar-refractivity contribution in [1.29, 1.82) is 0 Å². The Labute approximate surface area is 222 Å². The van der Waals surface area contributed by atoms with Crippen molar-refractivity contribution in [3.05, 3.63) is 35.1 Å². The molecule has 1 aromatic carbocycles. The van der Waals surface area contributed by atoms with Crippen LogP contribution >= 0.6 is 11.6 Å². The molecule has 3 N–H and O–H groups in total. The van der Waals surface area contributed by atoms with Crippen molar-refractivity contribution in [3.8, 4) is 0 Å². The first-order chi connectivity index (χ1) is 17.2. The molecule has 10 heteroatoms. The molecule has 2 atom stereocenters. The molecular formula is C27H36ClN5O4. The maximum absolute atomic E-state index is 13.6. The summed E-state index contributed by atoms with van der Waals surface area (Å²) in [7, 11) is 0. The minimum absolute atomic E-state index is 0.211. The number of fused-ring (bicyclic) bond motifs is 3. The highest BCUT2D eigenvalue weighted by atomic mass is 35.5. The van der Waals surface area contributed by atoms with Crippen LogP contribution in [-0.4, -0.2) is 69.9 Å². The summed E-state index contributed by atoms with van der Waals surface area (Å²) in [4.78, 5) is 35.6. The molecule has 9 nitrogen and oxygen atoms in total. The van der Waals surface area contributed by atoms with Gasteiger partial charge in [-0.2, -0.15) is 0 Å². The minimum atomic E-state index is -0.591. The van der Waals surface area contributed by atoms with Crippen LogP contribution in [0.1, 0.15) is 47.1 Å². The van der Waals surface area contributed by atoms with Gasteiger partial charge in [-0.25, -0.2) is 4.79 Å². The van der Waals surface area contributed by atoms with Crippen LogP contribution in [0.5, 0.6) is 0 Å². The Morgan fingerprint density at radius 3 is 2.76 bits per heavy atom. The van der Waals surface area contributed by atoms with E-state index in [0.29, 0.717) is 23.8 Å². The number of halogens is 1. The van der Waals surface area contributed by atoms with Crippen LogP contribution < -0.4 is 10.6 Å². The smallest absolute Gasteiger partial charge is 0.407 e. The molecule has 0 spiro atoms. The van der Waals surface area contributed by atoms with Crippen molar-refractivity contribution in [2.45, 2.75) is 71.8 Å². The Balaban J connectivity index is 1.56. The van der Waals surface area contributed by atoms with Gasteiger partial charge in [0, 0.05) is 41.1 Å². The average molecular weight is 530 g/mol. The zero-order valence-electron chi connectivity index (χ0n) is 22.5. The van der Waals surface area contributed by atoms with Crippen molar-refractivity contribution >= 4 is 51.1 Å². The molecule has 3 aromatic rings. The van der Waals surface area contributed by atoms with Crippen molar-refractivity contribution in [3.63, 3.8) is 0 Å². The van der Waals surface area contributed by atoms with Gasteiger partial charge in [0.1, 0.15) is 11.6 Å². The third-order valence-electron chi connectivity index (χ3n) is 6.26. The summed E-state index contributed by atoms with van der Waals surface area (Å²) < 4.78 is 11.4. The minimum Gasteiger partial charge on any atom is -0.444 e. The normalized spacial score (nSPS) is 19.1. The molecule has 0 aliphatic carbocycles. The molecule has 0 saturated carbocycles. The van der Waals surface area contributed by atoms with E-state index in [9.17, 15) is 9.59 Å². The van der Waals surface area contributed by atoms with Crippen LogP contribution in [0.15, 0.2) is 24.5 Å². The number of amides is 2. The number of nitrogens with zero attached hydrogens (tertiary/aromatic N) is 2. The second kappa shape index (κ2) is 10.1. The number of aromatic amines is 1. The van der Waals surface area contributed by atoms with Gasteiger partial charge in [-0.05, 0) is 66.2 Å². The van der Waals surface area contributed by atoms with E-state index in [1.165, 1.54) is 0 Å². The Bertz CT molecular complexity index is 1330. The Hall–Kier alpha value is -2.88. The monoisotopic (exact) mass is 529 g/mol. The molecule has 1 fully saturated rings. The fraction of sp³-hybridized carbons (Fsp3) is 0.519. The van der Waals surface area contributed by atoms with Gasteiger partial charge >= 0.3 is 6.09 Å². The van der Waals surface area contributed by atoms with Gasteiger partial charge < -0.3 is 25.1 Å². The van der Waals surface area contributed by atoms with E-state index in [4.69, 9.17) is 21.1 Å². The van der Waals surface area contributed by atoms with Gasteiger partial charge in [0.25, 0.3) is 0 Å². The number of alkyl carbamates (subject to hydrolysis) is 1. The molecular weight excluding hydrogens is 494 g/mol. The summed E-state index contributed by atoms with van der Waals surface area (Å²) >= 11 is 6.46. The number of ether oxygens (including phenoxy) is 2. The van der Waals surface area contributed by atoms with E-state index < -0.39 is 23.3 Å². The number of pyridine rings is 1.